The molecule has 152 valence electrons. The van der Waals surface area contributed by atoms with Crippen molar-refractivity contribution in [2.45, 2.75) is 38.8 Å². The number of anilines is 2. The van der Waals surface area contributed by atoms with E-state index >= 15 is 0 Å². The number of benzene rings is 2. The molecule has 0 radical (unpaired) electrons. The molecule has 0 fully saturated rings. The van der Waals surface area contributed by atoms with Crippen molar-refractivity contribution in [1.29, 1.82) is 0 Å². The monoisotopic (exact) mass is 398 g/mol. The normalized spacial score (nSPS) is 15.5. The third kappa shape index (κ3) is 3.82. The lowest BCUT2D eigenvalue weighted by atomic mass is 10.1. The van der Waals surface area contributed by atoms with Gasteiger partial charge in [0.1, 0.15) is 13.1 Å². The van der Waals surface area contributed by atoms with Crippen molar-refractivity contribution < 1.29 is 9.13 Å². The maximum atomic E-state index is 3.66. The average molecular weight is 399 g/mol. The fraction of sp³-hybridized carbons (Fsp3) is 0.308. The van der Waals surface area contributed by atoms with E-state index in [9.17, 15) is 0 Å². The van der Waals surface area contributed by atoms with Gasteiger partial charge in [-0.15, -0.1) is 0 Å². The maximum Gasteiger partial charge on any atom is 0.214 e. The Morgan fingerprint density at radius 3 is 1.50 bits per heavy atom. The number of pyridine rings is 2. The first-order valence-corrected chi connectivity index (χ1v) is 11.2. The zero-order valence-corrected chi connectivity index (χ0v) is 17.5. The van der Waals surface area contributed by atoms with Crippen LogP contribution in [0.15, 0.2) is 73.1 Å². The molecule has 2 aromatic heterocycles. The van der Waals surface area contributed by atoms with Gasteiger partial charge in [-0.3, -0.25) is 0 Å². The number of para-hydroxylation sites is 2. The third-order valence-electron chi connectivity index (χ3n) is 6.13. The van der Waals surface area contributed by atoms with E-state index in [1.165, 1.54) is 33.2 Å². The van der Waals surface area contributed by atoms with Crippen LogP contribution in [0.4, 0.5) is 11.4 Å². The molecule has 0 amide bonds. The molecule has 30 heavy (non-hydrogen) atoms. The highest BCUT2D eigenvalue weighted by Gasteiger charge is 2.15. The lowest BCUT2D eigenvalue weighted by molar-refractivity contribution is -0.683. The molecule has 4 heterocycles. The van der Waals surface area contributed by atoms with Gasteiger partial charge in [-0.1, -0.05) is 24.3 Å². The van der Waals surface area contributed by atoms with Crippen molar-refractivity contribution in [1.82, 2.24) is 0 Å². The third-order valence-corrected chi connectivity index (χ3v) is 6.13. The molecule has 0 saturated carbocycles. The molecule has 4 bridgehead atoms. The van der Waals surface area contributed by atoms with Crippen LogP contribution in [0.3, 0.4) is 0 Å². The van der Waals surface area contributed by atoms with Crippen LogP contribution in [0, 0.1) is 0 Å². The summed E-state index contributed by atoms with van der Waals surface area (Å²) in [7, 11) is 0. The number of aromatic nitrogens is 2. The molecular formula is C26H30N4+2. The van der Waals surface area contributed by atoms with Crippen LogP contribution >= 0.6 is 0 Å². The smallest absolute Gasteiger partial charge is 0.214 e. The van der Waals surface area contributed by atoms with Crippen molar-refractivity contribution in [3.05, 3.63) is 73.1 Å². The van der Waals surface area contributed by atoms with E-state index in [1.807, 2.05) is 0 Å². The van der Waals surface area contributed by atoms with Gasteiger partial charge < -0.3 is 10.6 Å². The van der Waals surface area contributed by atoms with Gasteiger partial charge in [0.15, 0.2) is 12.4 Å². The number of nitrogens with one attached hydrogen (secondary N) is 2. The summed E-state index contributed by atoms with van der Waals surface area (Å²) in [5.74, 6) is 0. The second kappa shape index (κ2) is 8.70. The highest BCUT2D eigenvalue weighted by Crippen LogP contribution is 2.22. The van der Waals surface area contributed by atoms with Crippen molar-refractivity contribution >= 4 is 33.2 Å². The van der Waals surface area contributed by atoms with Gasteiger partial charge in [0.2, 0.25) is 11.0 Å². The van der Waals surface area contributed by atoms with Gasteiger partial charge in [-0.05, 0) is 25.0 Å². The summed E-state index contributed by atoms with van der Waals surface area (Å²) < 4.78 is 4.80. The Balaban J connectivity index is 1.45. The van der Waals surface area contributed by atoms with Crippen LogP contribution in [0.25, 0.3) is 21.8 Å². The van der Waals surface area contributed by atoms with Gasteiger partial charge in [0, 0.05) is 50.2 Å². The van der Waals surface area contributed by atoms with Gasteiger partial charge in [-0.25, -0.2) is 0 Å². The molecule has 0 unspecified atom stereocenters. The van der Waals surface area contributed by atoms with Gasteiger partial charge in [0.25, 0.3) is 0 Å². The topological polar surface area (TPSA) is 31.8 Å². The van der Waals surface area contributed by atoms with Crippen LogP contribution in [0.2, 0.25) is 0 Å². The molecule has 2 aliphatic heterocycles. The van der Waals surface area contributed by atoms with E-state index in [0.717, 1.165) is 51.9 Å². The van der Waals surface area contributed by atoms with Crippen LogP contribution in [0.1, 0.15) is 25.7 Å². The number of aryl methyl sites for hydroxylation is 2. The average Bonchev–Trinajstić information content (AvgIpc) is 2.80. The van der Waals surface area contributed by atoms with Crippen LogP contribution in [-0.2, 0) is 13.1 Å². The van der Waals surface area contributed by atoms with E-state index in [-0.39, 0.29) is 0 Å². The minimum atomic E-state index is 0.991. The van der Waals surface area contributed by atoms with E-state index in [1.54, 1.807) is 0 Å². The second-order valence-corrected chi connectivity index (χ2v) is 8.15. The summed E-state index contributed by atoms with van der Waals surface area (Å²) >= 11 is 0. The summed E-state index contributed by atoms with van der Waals surface area (Å²) in [6, 6.07) is 22.0. The zero-order chi connectivity index (χ0) is 20.2. The summed E-state index contributed by atoms with van der Waals surface area (Å²) in [5.41, 5.74) is 5.11. The number of fused-ring (bicyclic) bond motifs is 10. The Bertz CT molecular complexity index is 1070. The van der Waals surface area contributed by atoms with Crippen LogP contribution in [-0.4, -0.2) is 13.1 Å². The van der Waals surface area contributed by atoms with Crippen LogP contribution < -0.4 is 19.8 Å². The van der Waals surface area contributed by atoms with Crippen molar-refractivity contribution in [2.24, 2.45) is 0 Å². The SMILES string of the molecule is c1ccc2c(c1)c1cc[n+]2CCCC[n+]2ccc(c3ccccc32)NCCCCN1. The van der Waals surface area contributed by atoms with E-state index < -0.39 is 0 Å². The van der Waals surface area contributed by atoms with Crippen molar-refractivity contribution in [2.75, 3.05) is 23.7 Å². The van der Waals surface area contributed by atoms with Crippen LogP contribution in [0.5, 0.6) is 0 Å². The fourth-order valence-electron chi connectivity index (χ4n) is 4.53. The Hall–Kier alpha value is -3.14. The molecule has 4 nitrogen and oxygen atoms in total. The lowest BCUT2D eigenvalue weighted by Gasteiger charge is -2.12. The molecular weight excluding hydrogens is 368 g/mol. The van der Waals surface area contributed by atoms with Gasteiger partial charge >= 0.3 is 0 Å². The molecule has 6 rings (SSSR count). The molecule has 4 heteroatoms. The minimum absolute atomic E-state index is 0.991. The minimum Gasteiger partial charge on any atom is -0.384 e. The summed E-state index contributed by atoms with van der Waals surface area (Å²) in [5, 5.41) is 9.96. The quantitative estimate of drug-likeness (QED) is 0.422. The van der Waals surface area contributed by atoms with Gasteiger partial charge in [-0.2, -0.15) is 9.13 Å². The molecule has 0 aliphatic carbocycles. The Morgan fingerprint density at radius 1 is 0.533 bits per heavy atom. The Morgan fingerprint density at radius 2 is 1.00 bits per heavy atom. The molecule has 0 atom stereocenters. The number of nitrogens with zero attached hydrogens (tertiary/aromatic N) is 2. The van der Waals surface area contributed by atoms with E-state index in [0.29, 0.717) is 0 Å². The summed E-state index contributed by atoms with van der Waals surface area (Å²) in [6.45, 7) is 4.06. The predicted molar refractivity (Wildman–Crippen MR) is 124 cm³/mol. The zero-order valence-electron chi connectivity index (χ0n) is 17.5. The van der Waals surface area contributed by atoms with Crippen molar-refractivity contribution in [3.8, 4) is 0 Å². The standard InChI is InChI=1S/C26H28N4/c1-3-11-25-21(9-1)23-13-19-29(25)17-7-8-18-30-20-14-24(28-16-6-5-15-27-23)22-10-2-4-12-26(22)30/h1-4,9-14,19-20H,5-8,15-18H2/p+2. The molecule has 2 N–H and O–H groups in total. The van der Waals surface area contributed by atoms with Crippen molar-refractivity contribution in [3.63, 3.8) is 0 Å². The number of rotatable bonds is 0. The highest BCUT2D eigenvalue weighted by atomic mass is 15.0. The van der Waals surface area contributed by atoms with E-state index in [4.69, 9.17) is 0 Å². The first-order chi connectivity index (χ1) is 14.9. The molecule has 4 aromatic rings. The first-order valence-electron chi connectivity index (χ1n) is 11.2. The Labute approximate surface area is 178 Å². The molecule has 0 spiro atoms. The summed E-state index contributed by atoms with van der Waals surface area (Å²) in [6.07, 6.45) is 9.08. The summed E-state index contributed by atoms with van der Waals surface area (Å²) in [4.78, 5) is 0. The number of hydrogen-bond acceptors (Lipinski definition) is 2. The fourth-order valence-corrected chi connectivity index (χ4v) is 4.53. The second-order valence-electron chi connectivity index (χ2n) is 8.15. The molecule has 0 saturated heterocycles. The predicted octanol–water partition coefficient (Wildman–Crippen LogP) is 4.67. The Kier molecular flexibility index (Phi) is 5.47. The number of hydrogen-bond donors (Lipinski definition) is 2. The largest absolute Gasteiger partial charge is 0.384 e. The van der Waals surface area contributed by atoms with Gasteiger partial charge in [0.05, 0.1) is 22.1 Å². The highest BCUT2D eigenvalue weighted by molar-refractivity contribution is 5.89. The first kappa shape index (κ1) is 18.9. The molecule has 2 aliphatic rings. The molecule has 2 aromatic carbocycles. The lowest BCUT2D eigenvalue weighted by Crippen LogP contribution is -2.37. The van der Waals surface area contributed by atoms with E-state index in [2.05, 4.69) is 92.8 Å². The maximum absolute atomic E-state index is 3.66.